The number of likely N-dealkylation sites (N-methyl/N-ethyl adjacent to an activating group) is 1. The first-order chi connectivity index (χ1) is 8.18. The molecular weight excluding hydrogens is 208 g/mol. The number of nitrogens with two attached hydrogens (primary N) is 1. The number of rotatable bonds is 6. The van der Waals surface area contributed by atoms with Gasteiger partial charge in [0.1, 0.15) is 0 Å². The van der Waals surface area contributed by atoms with Crippen LogP contribution in [0.2, 0.25) is 0 Å². The van der Waals surface area contributed by atoms with Crippen molar-refractivity contribution < 1.29 is 0 Å². The summed E-state index contributed by atoms with van der Waals surface area (Å²) in [4.78, 5) is 2.40. The molecule has 0 heterocycles. The predicted octanol–water partition coefficient (Wildman–Crippen LogP) is 2.43. The summed E-state index contributed by atoms with van der Waals surface area (Å²) in [5.74, 6) is 0. The molecule has 0 aliphatic heterocycles. The van der Waals surface area contributed by atoms with Crippen molar-refractivity contribution in [2.45, 2.75) is 37.6 Å². The van der Waals surface area contributed by atoms with Gasteiger partial charge in [-0.05, 0) is 51.3 Å². The Kier molecular flexibility index (Phi) is 4.19. The van der Waals surface area contributed by atoms with E-state index in [2.05, 4.69) is 42.3 Å². The van der Waals surface area contributed by atoms with Crippen LogP contribution in [0.1, 0.15) is 31.2 Å². The third-order valence-electron chi connectivity index (χ3n) is 3.97. The highest BCUT2D eigenvalue weighted by Crippen LogP contribution is 2.31. The maximum Gasteiger partial charge on any atom is 0.0166 e. The minimum absolute atomic E-state index is 0.168. The van der Waals surface area contributed by atoms with Crippen molar-refractivity contribution in [3.8, 4) is 0 Å². The molecule has 0 saturated heterocycles. The molecule has 2 rings (SSSR count). The van der Waals surface area contributed by atoms with Crippen LogP contribution in [-0.4, -0.2) is 30.6 Å². The molecule has 1 aliphatic carbocycles. The third kappa shape index (κ3) is 3.83. The van der Waals surface area contributed by atoms with Crippen LogP contribution in [0.5, 0.6) is 0 Å². The molecule has 0 aromatic heterocycles. The fourth-order valence-corrected chi connectivity index (χ4v) is 2.37. The molecule has 1 aliphatic rings. The van der Waals surface area contributed by atoms with Crippen molar-refractivity contribution in [1.82, 2.24) is 4.90 Å². The zero-order chi connectivity index (χ0) is 12.1. The first-order valence-corrected chi connectivity index (χ1v) is 6.69. The summed E-state index contributed by atoms with van der Waals surface area (Å²) in [6.07, 6.45) is 6.05. The summed E-state index contributed by atoms with van der Waals surface area (Å²) in [6.45, 7) is 2.25. The third-order valence-corrected chi connectivity index (χ3v) is 3.97. The molecule has 0 atom stereocenters. The Morgan fingerprint density at radius 3 is 2.47 bits per heavy atom. The topological polar surface area (TPSA) is 29.3 Å². The summed E-state index contributed by atoms with van der Waals surface area (Å²) in [5.41, 5.74) is 7.82. The largest absolute Gasteiger partial charge is 0.325 e. The van der Waals surface area contributed by atoms with E-state index in [0.29, 0.717) is 0 Å². The summed E-state index contributed by atoms with van der Waals surface area (Å²) >= 11 is 0. The van der Waals surface area contributed by atoms with Crippen molar-refractivity contribution in [3.63, 3.8) is 0 Å². The van der Waals surface area contributed by atoms with Crippen LogP contribution >= 0.6 is 0 Å². The Balaban J connectivity index is 1.65. The van der Waals surface area contributed by atoms with Crippen LogP contribution in [0.25, 0.3) is 0 Å². The van der Waals surface area contributed by atoms with Crippen molar-refractivity contribution >= 4 is 0 Å². The highest BCUT2D eigenvalue weighted by molar-refractivity contribution is 5.14. The number of hydrogen-bond donors (Lipinski definition) is 1. The SMILES string of the molecule is CN(CCc1ccccc1)CCC1(N)CCC1. The second-order valence-electron chi connectivity index (χ2n) is 5.50. The molecule has 2 heteroatoms. The van der Waals surface area contributed by atoms with Gasteiger partial charge in [0.2, 0.25) is 0 Å². The van der Waals surface area contributed by atoms with Gasteiger partial charge in [0.25, 0.3) is 0 Å². The minimum atomic E-state index is 0.168. The second-order valence-corrected chi connectivity index (χ2v) is 5.50. The summed E-state index contributed by atoms with van der Waals surface area (Å²) in [7, 11) is 2.20. The van der Waals surface area contributed by atoms with Gasteiger partial charge in [-0.15, -0.1) is 0 Å². The minimum Gasteiger partial charge on any atom is -0.325 e. The molecule has 0 bridgehead atoms. The first kappa shape index (κ1) is 12.6. The highest BCUT2D eigenvalue weighted by atomic mass is 15.1. The Morgan fingerprint density at radius 1 is 1.18 bits per heavy atom. The molecule has 17 heavy (non-hydrogen) atoms. The molecule has 1 saturated carbocycles. The van der Waals surface area contributed by atoms with Crippen molar-refractivity contribution in [2.24, 2.45) is 5.73 Å². The van der Waals surface area contributed by atoms with E-state index in [9.17, 15) is 0 Å². The van der Waals surface area contributed by atoms with Gasteiger partial charge in [0, 0.05) is 12.1 Å². The average Bonchev–Trinajstić information content (AvgIpc) is 2.33. The van der Waals surface area contributed by atoms with Crippen molar-refractivity contribution in [2.75, 3.05) is 20.1 Å². The highest BCUT2D eigenvalue weighted by Gasteiger charge is 2.31. The molecule has 1 fully saturated rings. The van der Waals surface area contributed by atoms with Gasteiger partial charge in [-0.2, -0.15) is 0 Å². The van der Waals surface area contributed by atoms with Gasteiger partial charge in [0.05, 0.1) is 0 Å². The van der Waals surface area contributed by atoms with E-state index in [-0.39, 0.29) is 5.54 Å². The number of benzene rings is 1. The molecule has 0 radical (unpaired) electrons. The van der Waals surface area contributed by atoms with E-state index in [1.807, 2.05) is 0 Å². The lowest BCUT2D eigenvalue weighted by atomic mass is 9.75. The van der Waals surface area contributed by atoms with Gasteiger partial charge < -0.3 is 10.6 Å². The second kappa shape index (κ2) is 5.65. The van der Waals surface area contributed by atoms with E-state index < -0.39 is 0 Å². The molecule has 0 unspecified atom stereocenters. The molecule has 0 amide bonds. The zero-order valence-corrected chi connectivity index (χ0v) is 10.9. The van der Waals surface area contributed by atoms with E-state index in [4.69, 9.17) is 5.73 Å². The molecule has 2 N–H and O–H groups in total. The standard InChI is InChI=1S/C15H24N2/c1-17(13-11-15(16)9-5-10-15)12-8-14-6-3-2-4-7-14/h2-4,6-7H,5,8-13,16H2,1H3. The fourth-order valence-electron chi connectivity index (χ4n) is 2.37. The molecule has 1 aromatic rings. The Labute approximate surface area is 105 Å². The van der Waals surface area contributed by atoms with Gasteiger partial charge in [-0.1, -0.05) is 30.3 Å². The number of hydrogen-bond acceptors (Lipinski definition) is 2. The van der Waals surface area contributed by atoms with Crippen LogP contribution in [0.3, 0.4) is 0 Å². The predicted molar refractivity (Wildman–Crippen MR) is 73.0 cm³/mol. The Hall–Kier alpha value is -0.860. The lowest BCUT2D eigenvalue weighted by Crippen LogP contribution is -2.48. The summed E-state index contributed by atoms with van der Waals surface area (Å²) in [6, 6.07) is 10.7. The Morgan fingerprint density at radius 2 is 1.88 bits per heavy atom. The lowest BCUT2D eigenvalue weighted by Gasteiger charge is -2.39. The van der Waals surface area contributed by atoms with E-state index in [1.165, 1.54) is 24.8 Å². The fraction of sp³-hybridized carbons (Fsp3) is 0.600. The monoisotopic (exact) mass is 232 g/mol. The molecule has 94 valence electrons. The zero-order valence-electron chi connectivity index (χ0n) is 10.9. The van der Waals surface area contributed by atoms with E-state index in [0.717, 1.165) is 25.9 Å². The molecule has 2 nitrogen and oxygen atoms in total. The maximum atomic E-state index is 6.23. The summed E-state index contributed by atoms with van der Waals surface area (Å²) in [5, 5.41) is 0. The van der Waals surface area contributed by atoms with E-state index >= 15 is 0 Å². The van der Waals surface area contributed by atoms with E-state index in [1.54, 1.807) is 0 Å². The maximum absolute atomic E-state index is 6.23. The number of nitrogens with zero attached hydrogens (tertiary/aromatic N) is 1. The van der Waals surface area contributed by atoms with Crippen LogP contribution < -0.4 is 5.73 Å². The van der Waals surface area contributed by atoms with Gasteiger partial charge in [0.15, 0.2) is 0 Å². The van der Waals surface area contributed by atoms with Crippen LogP contribution in [-0.2, 0) is 6.42 Å². The van der Waals surface area contributed by atoms with Gasteiger partial charge in [-0.25, -0.2) is 0 Å². The first-order valence-electron chi connectivity index (χ1n) is 6.69. The van der Waals surface area contributed by atoms with Crippen LogP contribution in [0.15, 0.2) is 30.3 Å². The molecular formula is C15H24N2. The average molecular weight is 232 g/mol. The molecule has 0 spiro atoms. The quantitative estimate of drug-likeness (QED) is 0.816. The van der Waals surface area contributed by atoms with Crippen LogP contribution in [0, 0.1) is 0 Å². The normalized spacial score (nSPS) is 18.1. The Bertz CT molecular complexity index is 330. The summed E-state index contributed by atoms with van der Waals surface area (Å²) < 4.78 is 0. The molecule has 1 aromatic carbocycles. The van der Waals surface area contributed by atoms with Gasteiger partial charge in [-0.3, -0.25) is 0 Å². The van der Waals surface area contributed by atoms with Crippen LogP contribution in [0.4, 0.5) is 0 Å². The van der Waals surface area contributed by atoms with Crippen molar-refractivity contribution in [3.05, 3.63) is 35.9 Å². The smallest absolute Gasteiger partial charge is 0.0166 e. The van der Waals surface area contributed by atoms with Crippen molar-refractivity contribution in [1.29, 1.82) is 0 Å². The lowest BCUT2D eigenvalue weighted by molar-refractivity contribution is 0.197. The van der Waals surface area contributed by atoms with Gasteiger partial charge >= 0.3 is 0 Å².